The minimum Gasteiger partial charge on any atom is -0.352 e. The number of nitrogens with one attached hydrogen (secondary N) is 1. The van der Waals surface area contributed by atoms with Gasteiger partial charge in [-0.3, -0.25) is 4.79 Å². The molecule has 0 aliphatic rings. The first-order chi connectivity index (χ1) is 13.7. The van der Waals surface area contributed by atoms with E-state index in [1.165, 1.54) is 34.9 Å². The molecule has 1 N–H and O–H groups in total. The Bertz CT molecular complexity index is 1040. The number of benzene rings is 2. The van der Waals surface area contributed by atoms with E-state index in [4.69, 9.17) is 0 Å². The molecule has 0 radical (unpaired) electrons. The molecular formula is C22H20F4N2O. The van der Waals surface area contributed by atoms with Crippen LogP contribution in [0.5, 0.6) is 0 Å². The first-order valence-corrected chi connectivity index (χ1v) is 9.06. The van der Waals surface area contributed by atoms with Gasteiger partial charge < -0.3 is 9.88 Å². The van der Waals surface area contributed by atoms with Crippen molar-refractivity contribution in [2.75, 3.05) is 6.54 Å². The highest BCUT2D eigenvalue weighted by molar-refractivity contribution is 5.96. The summed E-state index contributed by atoms with van der Waals surface area (Å²) in [5.41, 5.74) is 1.21. The van der Waals surface area contributed by atoms with E-state index in [9.17, 15) is 22.4 Å². The Morgan fingerprint density at radius 3 is 2.45 bits per heavy atom. The molecule has 0 fully saturated rings. The number of carbonyl (C=O) groups is 1. The van der Waals surface area contributed by atoms with Crippen LogP contribution < -0.4 is 5.32 Å². The summed E-state index contributed by atoms with van der Waals surface area (Å²) in [5.74, 6) is -0.731. The zero-order valence-electron chi connectivity index (χ0n) is 16.0. The fourth-order valence-corrected chi connectivity index (χ4v) is 3.38. The Hall–Kier alpha value is -3.09. The number of para-hydroxylation sites is 1. The lowest BCUT2D eigenvalue weighted by atomic mass is 10.1. The Morgan fingerprint density at radius 1 is 1.03 bits per heavy atom. The number of carbonyl (C=O) groups excluding carboxylic acids is 1. The zero-order valence-corrected chi connectivity index (χ0v) is 16.0. The van der Waals surface area contributed by atoms with Crippen molar-refractivity contribution < 1.29 is 22.4 Å². The topological polar surface area (TPSA) is 34.0 Å². The maximum atomic E-state index is 13.4. The van der Waals surface area contributed by atoms with Gasteiger partial charge in [0.25, 0.3) is 5.91 Å². The summed E-state index contributed by atoms with van der Waals surface area (Å²) in [6.07, 6.45) is -4.06. The number of aromatic nitrogens is 1. The van der Waals surface area contributed by atoms with Crippen LogP contribution in [0.25, 0.3) is 5.69 Å². The van der Waals surface area contributed by atoms with Crippen molar-refractivity contribution in [1.82, 2.24) is 9.88 Å². The second-order valence-corrected chi connectivity index (χ2v) is 6.77. The monoisotopic (exact) mass is 404 g/mol. The summed E-state index contributed by atoms with van der Waals surface area (Å²) >= 11 is 0. The molecule has 0 aliphatic carbocycles. The molecule has 0 unspecified atom stereocenters. The first-order valence-electron chi connectivity index (χ1n) is 9.06. The van der Waals surface area contributed by atoms with Crippen LogP contribution in [-0.2, 0) is 12.6 Å². The standard InChI is InChI=1S/C22H20F4N2O/c1-14-12-18(21(29)27-11-10-16-6-5-7-17(23)13-16)15(2)28(14)20-9-4-3-8-19(20)22(24,25)26/h3-9,12-13H,10-11H2,1-2H3,(H,27,29). The Labute approximate surface area is 166 Å². The van der Waals surface area contributed by atoms with Crippen molar-refractivity contribution in [1.29, 1.82) is 0 Å². The van der Waals surface area contributed by atoms with Crippen LogP contribution in [0.15, 0.2) is 54.6 Å². The number of aryl methyl sites for hydroxylation is 1. The fraction of sp³-hybridized carbons (Fsp3) is 0.227. The van der Waals surface area contributed by atoms with E-state index in [1.54, 1.807) is 32.0 Å². The first kappa shape index (κ1) is 20.6. The van der Waals surface area contributed by atoms with Crippen LogP contribution in [0.4, 0.5) is 17.6 Å². The molecule has 3 rings (SSSR count). The molecule has 1 aromatic heterocycles. The summed E-state index contributed by atoms with van der Waals surface area (Å²) < 4.78 is 54.9. The Kier molecular flexibility index (Phi) is 5.77. The number of alkyl halides is 3. The lowest BCUT2D eigenvalue weighted by Crippen LogP contribution is -2.26. The number of amides is 1. The van der Waals surface area contributed by atoms with Crippen LogP contribution in [0.3, 0.4) is 0 Å². The van der Waals surface area contributed by atoms with Gasteiger partial charge in [-0.15, -0.1) is 0 Å². The molecule has 29 heavy (non-hydrogen) atoms. The smallest absolute Gasteiger partial charge is 0.352 e. The van der Waals surface area contributed by atoms with Crippen LogP contribution in [0.1, 0.15) is 32.9 Å². The predicted molar refractivity (Wildman–Crippen MR) is 103 cm³/mol. The summed E-state index contributed by atoms with van der Waals surface area (Å²) in [6.45, 7) is 3.55. The van der Waals surface area contributed by atoms with E-state index in [1.807, 2.05) is 0 Å². The van der Waals surface area contributed by atoms with Gasteiger partial charge in [0.05, 0.1) is 16.8 Å². The van der Waals surface area contributed by atoms with Crippen LogP contribution in [-0.4, -0.2) is 17.0 Å². The van der Waals surface area contributed by atoms with Gasteiger partial charge in [0.1, 0.15) is 5.82 Å². The second-order valence-electron chi connectivity index (χ2n) is 6.77. The van der Waals surface area contributed by atoms with Gasteiger partial charge in [-0.05, 0) is 56.2 Å². The maximum Gasteiger partial charge on any atom is 0.418 e. The van der Waals surface area contributed by atoms with E-state index >= 15 is 0 Å². The summed E-state index contributed by atoms with van der Waals surface area (Å²) in [4.78, 5) is 12.6. The molecule has 3 nitrogen and oxygen atoms in total. The van der Waals surface area contributed by atoms with E-state index in [0.29, 0.717) is 23.4 Å². The Morgan fingerprint density at radius 2 is 1.76 bits per heavy atom. The Balaban J connectivity index is 1.82. The van der Waals surface area contributed by atoms with Crippen molar-refractivity contribution in [3.63, 3.8) is 0 Å². The van der Waals surface area contributed by atoms with Gasteiger partial charge in [-0.2, -0.15) is 13.2 Å². The quantitative estimate of drug-likeness (QED) is 0.581. The van der Waals surface area contributed by atoms with Crippen molar-refractivity contribution in [3.8, 4) is 5.69 Å². The number of nitrogens with zero attached hydrogens (tertiary/aromatic N) is 1. The third-order valence-electron chi connectivity index (χ3n) is 4.71. The number of halogens is 4. The van der Waals surface area contributed by atoms with Crippen molar-refractivity contribution in [3.05, 3.63) is 88.5 Å². The summed E-state index contributed by atoms with van der Waals surface area (Å²) in [5, 5.41) is 2.75. The van der Waals surface area contributed by atoms with Gasteiger partial charge in [-0.25, -0.2) is 4.39 Å². The van der Waals surface area contributed by atoms with E-state index < -0.39 is 11.7 Å². The average molecular weight is 404 g/mol. The lowest BCUT2D eigenvalue weighted by molar-refractivity contribution is -0.137. The molecule has 1 amide bonds. The number of rotatable bonds is 5. The third kappa shape index (κ3) is 4.50. The minimum absolute atomic E-state index is 0.0196. The molecule has 0 saturated heterocycles. The molecule has 0 bridgehead atoms. The highest BCUT2D eigenvalue weighted by Gasteiger charge is 2.34. The highest BCUT2D eigenvalue weighted by Crippen LogP contribution is 2.35. The SMILES string of the molecule is Cc1cc(C(=O)NCCc2cccc(F)c2)c(C)n1-c1ccccc1C(F)(F)F. The molecule has 152 valence electrons. The normalized spacial score (nSPS) is 11.5. The molecule has 0 saturated carbocycles. The molecule has 0 spiro atoms. The molecule has 1 heterocycles. The molecule has 2 aromatic carbocycles. The fourth-order valence-electron chi connectivity index (χ4n) is 3.38. The molecule has 0 atom stereocenters. The van der Waals surface area contributed by atoms with Crippen LogP contribution in [0, 0.1) is 19.7 Å². The third-order valence-corrected chi connectivity index (χ3v) is 4.71. The molecular weight excluding hydrogens is 384 g/mol. The van der Waals surface area contributed by atoms with Crippen molar-refractivity contribution >= 4 is 5.91 Å². The largest absolute Gasteiger partial charge is 0.418 e. The highest BCUT2D eigenvalue weighted by atomic mass is 19.4. The average Bonchev–Trinajstić information content (AvgIpc) is 2.95. The summed E-state index contributed by atoms with van der Waals surface area (Å²) in [6, 6.07) is 12.9. The number of hydrogen-bond acceptors (Lipinski definition) is 1. The van der Waals surface area contributed by atoms with Gasteiger partial charge >= 0.3 is 6.18 Å². The van der Waals surface area contributed by atoms with E-state index in [0.717, 1.165) is 11.6 Å². The lowest BCUT2D eigenvalue weighted by Gasteiger charge is -2.16. The van der Waals surface area contributed by atoms with Gasteiger partial charge in [0, 0.05) is 17.9 Å². The van der Waals surface area contributed by atoms with Crippen molar-refractivity contribution in [2.24, 2.45) is 0 Å². The van der Waals surface area contributed by atoms with Gasteiger partial charge in [0.2, 0.25) is 0 Å². The second kappa shape index (κ2) is 8.11. The van der Waals surface area contributed by atoms with E-state index in [2.05, 4.69) is 5.32 Å². The van der Waals surface area contributed by atoms with Crippen LogP contribution in [0.2, 0.25) is 0 Å². The molecule has 3 aromatic rings. The molecule has 0 aliphatic heterocycles. The maximum absolute atomic E-state index is 13.4. The van der Waals surface area contributed by atoms with Gasteiger partial charge in [-0.1, -0.05) is 24.3 Å². The van der Waals surface area contributed by atoms with E-state index in [-0.39, 0.29) is 24.0 Å². The van der Waals surface area contributed by atoms with Crippen LogP contribution >= 0.6 is 0 Å². The zero-order chi connectivity index (χ0) is 21.2. The minimum atomic E-state index is -4.51. The molecule has 7 heteroatoms. The number of hydrogen-bond donors (Lipinski definition) is 1. The van der Waals surface area contributed by atoms with Crippen molar-refractivity contribution in [2.45, 2.75) is 26.4 Å². The summed E-state index contributed by atoms with van der Waals surface area (Å²) in [7, 11) is 0. The predicted octanol–water partition coefficient (Wildman–Crippen LogP) is 5.22. The van der Waals surface area contributed by atoms with Gasteiger partial charge in [0.15, 0.2) is 0 Å².